The highest BCUT2D eigenvalue weighted by atomic mass is 79.9. The van der Waals surface area contributed by atoms with Crippen molar-refractivity contribution in [2.75, 3.05) is 27.4 Å². The number of nitrogens with one attached hydrogen (secondary N) is 2. The van der Waals surface area contributed by atoms with Crippen LogP contribution >= 0.6 is 15.9 Å². The van der Waals surface area contributed by atoms with E-state index in [0.29, 0.717) is 47.0 Å². The van der Waals surface area contributed by atoms with E-state index < -0.39 is 17.6 Å². The lowest BCUT2D eigenvalue weighted by Crippen LogP contribution is -2.53. The largest absolute Gasteiger partial charge is 0.497 e. The predicted molar refractivity (Wildman–Crippen MR) is 188 cm³/mol. The zero-order valence-electron chi connectivity index (χ0n) is 27.1. The fourth-order valence-electron chi connectivity index (χ4n) is 5.52. The standard InChI is InChI=1S/C36H37BrN6O6/c1-46-30-18-25(19-31(20-30)47-2)22-39-42-35(45)36(21-24-8-12-28(37)13-9-24)33(32-7-4-3-6-27(32)23-40-43-38)49-34(41-36)26-10-14-29(15-11-26)48-17-5-16-44/h3-4,6-15,18-20,33,39,44H,5,16-17,21-23H2,1-2H3,(H,42,45)/t33-,36-/m0/s1. The van der Waals surface area contributed by atoms with E-state index in [9.17, 15) is 4.79 Å². The summed E-state index contributed by atoms with van der Waals surface area (Å²) in [6, 6.07) is 27.8. The van der Waals surface area contributed by atoms with Crippen molar-refractivity contribution in [3.8, 4) is 17.2 Å². The first kappa shape index (κ1) is 35.2. The molecule has 0 saturated heterocycles. The third kappa shape index (κ3) is 8.70. The molecule has 3 N–H and O–H groups in total. The minimum absolute atomic E-state index is 0.0381. The highest BCUT2D eigenvalue weighted by molar-refractivity contribution is 9.10. The number of rotatable bonds is 16. The SMILES string of the molecule is COc1cc(CNNC(=O)[C@@]2(Cc3ccc(Br)cc3)N=C(c3ccc(OCCCO)cc3)O[C@H]2c2ccccc2CN=[N+]=[N-])cc(OC)c1. The normalized spacial score (nSPS) is 16.6. The van der Waals surface area contributed by atoms with Gasteiger partial charge in [-0.1, -0.05) is 57.4 Å². The summed E-state index contributed by atoms with van der Waals surface area (Å²) in [5.74, 6) is 1.72. The summed E-state index contributed by atoms with van der Waals surface area (Å²) in [7, 11) is 3.15. The Morgan fingerprint density at radius 3 is 2.39 bits per heavy atom. The molecule has 4 aromatic carbocycles. The van der Waals surface area contributed by atoms with Gasteiger partial charge in [-0.15, -0.1) is 0 Å². The number of hydrazine groups is 1. The quantitative estimate of drug-likeness (QED) is 0.0398. The van der Waals surface area contributed by atoms with Gasteiger partial charge >= 0.3 is 0 Å². The Balaban J connectivity index is 1.55. The van der Waals surface area contributed by atoms with E-state index in [4.69, 9.17) is 34.6 Å². The maximum atomic E-state index is 14.6. The number of hydrogen-bond acceptors (Lipinski definition) is 9. The Morgan fingerprint density at radius 1 is 1.00 bits per heavy atom. The number of carbonyl (C=O) groups is 1. The smallest absolute Gasteiger partial charge is 0.266 e. The fourth-order valence-corrected chi connectivity index (χ4v) is 5.78. The second-order valence-corrected chi connectivity index (χ2v) is 12.1. The van der Waals surface area contributed by atoms with Crippen LogP contribution in [-0.4, -0.2) is 49.9 Å². The van der Waals surface area contributed by atoms with Gasteiger partial charge < -0.3 is 24.1 Å². The van der Waals surface area contributed by atoms with Gasteiger partial charge in [-0.3, -0.25) is 10.2 Å². The van der Waals surface area contributed by atoms with Crippen molar-refractivity contribution >= 4 is 27.7 Å². The Hall–Kier alpha value is -5.07. The van der Waals surface area contributed by atoms with E-state index in [1.807, 2.05) is 72.8 Å². The number of aliphatic imine (C=N–C) groups is 1. The molecular formula is C36H37BrN6O6. The molecule has 1 heterocycles. The van der Waals surface area contributed by atoms with Crippen LogP contribution in [0.5, 0.6) is 17.2 Å². The lowest BCUT2D eigenvalue weighted by molar-refractivity contribution is -0.130. The van der Waals surface area contributed by atoms with Crippen LogP contribution in [0.1, 0.15) is 40.3 Å². The molecule has 0 bridgehead atoms. The summed E-state index contributed by atoms with van der Waals surface area (Å²) in [6.45, 7) is 0.744. The molecule has 12 nitrogen and oxygen atoms in total. The molecule has 4 aromatic rings. The van der Waals surface area contributed by atoms with Gasteiger partial charge in [0.05, 0.1) is 27.4 Å². The van der Waals surface area contributed by atoms with Crippen molar-refractivity contribution in [3.05, 3.63) is 134 Å². The molecule has 0 radical (unpaired) electrons. The van der Waals surface area contributed by atoms with Gasteiger partial charge in [0.15, 0.2) is 11.6 Å². The minimum Gasteiger partial charge on any atom is -0.497 e. The number of aliphatic hydroxyl groups excluding tert-OH is 1. The van der Waals surface area contributed by atoms with Crippen LogP contribution in [0.2, 0.25) is 0 Å². The van der Waals surface area contributed by atoms with Gasteiger partial charge in [0.2, 0.25) is 5.90 Å². The molecule has 0 aliphatic carbocycles. The summed E-state index contributed by atoms with van der Waals surface area (Å²) in [6.07, 6.45) is -0.190. The second-order valence-electron chi connectivity index (χ2n) is 11.2. The Bertz CT molecular complexity index is 1790. The zero-order chi connectivity index (χ0) is 34.6. The monoisotopic (exact) mass is 728 g/mol. The number of carbonyl (C=O) groups excluding carboxylic acids is 1. The van der Waals surface area contributed by atoms with E-state index in [2.05, 4.69) is 36.8 Å². The van der Waals surface area contributed by atoms with Crippen molar-refractivity contribution in [2.45, 2.75) is 37.6 Å². The maximum Gasteiger partial charge on any atom is 0.266 e. The summed E-state index contributed by atoms with van der Waals surface area (Å²) in [5, 5.41) is 12.9. The summed E-state index contributed by atoms with van der Waals surface area (Å²) < 4.78 is 24.1. The van der Waals surface area contributed by atoms with Gasteiger partial charge in [-0.05, 0) is 76.3 Å². The maximum absolute atomic E-state index is 14.6. The molecule has 254 valence electrons. The number of amides is 1. The van der Waals surface area contributed by atoms with Gasteiger partial charge in [0.1, 0.15) is 17.2 Å². The Morgan fingerprint density at radius 2 is 1.71 bits per heavy atom. The van der Waals surface area contributed by atoms with Crippen LogP contribution in [0, 0.1) is 0 Å². The molecule has 1 amide bonds. The van der Waals surface area contributed by atoms with Crippen LogP contribution < -0.4 is 25.1 Å². The van der Waals surface area contributed by atoms with Crippen LogP contribution in [0.3, 0.4) is 0 Å². The Labute approximate surface area is 292 Å². The molecule has 2 atom stereocenters. The number of aliphatic hydroxyl groups is 1. The molecule has 0 unspecified atom stereocenters. The number of methoxy groups -OCH3 is 2. The van der Waals surface area contributed by atoms with Crippen LogP contribution in [0.15, 0.2) is 106 Å². The van der Waals surface area contributed by atoms with E-state index in [1.165, 1.54) is 0 Å². The summed E-state index contributed by atoms with van der Waals surface area (Å²) in [5.41, 5.74) is 17.3. The van der Waals surface area contributed by atoms with E-state index in [1.54, 1.807) is 32.4 Å². The van der Waals surface area contributed by atoms with Gasteiger partial charge in [0, 0.05) is 47.0 Å². The van der Waals surface area contributed by atoms with Crippen LogP contribution in [0.4, 0.5) is 0 Å². The second kappa shape index (κ2) is 16.8. The number of halogens is 1. The Kier molecular flexibility index (Phi) is 12.1. The molecular weight excluding hydrogens is 692 g/mol. The average Bonchev–Trinajstić information content (AvgIpc) is 3.52. The molecule has 0 fully saturated rings. The first-order valence-electron chi connectivity index (χ1n) is 15.6. The molecule has 13 heteroatoms. The van der Waals surface area contributed by atoms with Crippen molar-refractivity contribution in [3.63, 3.8) is 0 Å². The molecule has 0 saturated carbocycles. The topological polar surface area (TPSA) is 159 Å². The van der Waals surface area contributed by atoms with Gasteiger partial charge in [0.25, 0.3) is 5.91 Å². The summed E-state index contributed by atoms with van der Waals surface area (Å²) in [4.78, 5) is 22.7. The third-order valence-electron chi connectivity index (χ3n) is 7.96. The fraction of sp³-hybridized carbons (Fsp3) is 0.278. The lowest BCUT2D eigenvalue weighted by Gasteiger charge is -2.32. The zero-order valence-corrected chi connectivity index (χ0v) is 28.7. The van der Waals surface area contributed by atoms with Gasteiger partial charge in [-0.2, -0.15) is 0 Å². The molecule has 0 spiro atoms. The first-order valence-corrected chi connectivity index (χ1v) is 16.4. The molecule has 1 aliphatic rings. The highest BCUT2D eigenvalue weighted by Gasteiger charge is 2.54. The predicted octanol–water partition coefficient (Wildman–Crippen LogP) is 6.36. The number of nitrogens with zero attached hydrogens (tertiary/aromatic N) is 4. The van der Waals surface area contributed by atoms with E-state index in [-0.39, 0.29) is 32.0 Å². The van der Waals surface area contributed by atoms with E-state index >= 15 is 0 Å². The molecule has 1 aliphatic heterocycles. The number of hydrogen-bond donors (Lipinski definition) is 3. The third-order valence-corrected chi connectivity index (χ3v) is 8.49. The van der Waals surface area contributed by atoms with E-state index in [0.717, 1.165) is 15.6 Å². The van der Waals surface area contributed by atoms with Crippen LogP contribution in [-0.2, 0) is 29.0 Å². The highest BCUT2D eigenvalue weighted by Crippen LogP contribution is 2.44. The first-order chi connectivity index (χ1) is 23.9. The number of azide groups is 1. The van der Waals surface area contributed by atoms with Crippen LogP contribution in [0.25, 0.3) is 10.4 Å². The minimum atomic E-state index is -1.50. The molecule has 49 heavy (non-hydrogen) atoms. The van der Waals surface area contributed by atoms with Crippen molar-refractivity contribution in [2.24, 2.45) is 10.1 Å². The summed E-state index contributed by atoms with van der Waals surface area (Å²) >= 11 is 3.50. The lowest BCUT2D eigenvalue weighted by atomic mass is 9.81. The number of benzene rings is 4. The average molecular weight is 730 g/mol. The molecule has 0 aromatic heterocycles. The van der Waals surface area contributed by atoms with Crippen molar-refractivity contribution < 1.29 is 28.8 Å². The van der Waals surface area contributed by atoms with Gasteiger partial charge in [-0.25, -0.2) is 10.4 Å². The van der Waals surface area contributed by atoms with Crippen molar-refractivity contribution in [1.82, 2.24) is 10.9 Å². The number of ether oxygens (including phenoxy) is 4. The molecule has 5 rings (SSSR count). The van der Waals surface area contributed by atoms with Crippen molar-refractivity contribution in [1.29, 1.82) is 0 Å².